The minimum Gasteiger partial charge on any atom is -0.496 e. The van der Waals surface area contributed by atoms with Gasteiger partial charge >= 0.3 is 5.97 Å². The molecule has 0 spiro atoms. The van der Waals surface area contributed by atoms with Crippen LogP contribution in [0.4, 0.5) is 11.4 Å². The minimum absolute atomic E-state index is 0.0983. The summed E-state index contributed by atoms with van der Waals surface area (Å²) in [6, 6.07) is 15.7. The average molecular weight is 428 g/mol. The first-order chi connectivity index (χ1) is 14.3. The highest BCUT2D eigenvalue weighted by molar-refractivity contribution is 7.86. The lowest BCUT2D eigenvalue weighted by atomic mass is 10.0. The summed E-state index contributed by atoms with van der Waals surface area (Å²) in [6.45, 7) is 0. The summed E-state index contributed by atoms with van der Waals surface area (Å²) in [5.41, 5.74) is 7.93. The van der Waals surface area contributed by atoms with Crippen LogP contribution in [0, 0.1) is 0 Å². The third-order valence-corrected chi connectivity index (χ3v) is 5.97. The summed E-state index contributed by atoms with van der Waals surface area (Å²) in [7, 11) is 3.92. The van der Waals surface area contributed by atoms with Crippen molar-refractivity contribution in [3.8, 4) is 5.75 Å². The predicted molar refractivity (Wildman–Crippen MR) is 121 cm³/mol. The lowest BCUT2D eigenvalue weighted by Crippen LogP contribution is -2.32. The molecule has 4 N–H and O–H groups in total. The van der Waals surface area contributed by atoms with Gasteiger partial charge in [0.05, 0.1) is 12.0 Å². The monoisotopic (exact) mass is 427 g/mol. The van der Waals surface area contributed by atoms with E-state index in [0.29, 0.717) is 21.9 Å². The summed E-state index contributed by atoms with van der Waals surface area (Å²) < 4.78 is 21.5. The molecule has 0 aliphatic carbocycles. The number of carboxylic acids is 1. The number of nitrogens with zero attached hydrogens (tertiary/aromatic N) is 1. The number of carboxylic acid groups (broad SMARTS) is 1. The third-order valence-electron chi connectivity index (χ3n) is 4.79. The fourth-order valence-electron chi connectivity index (χ4n) is 3.30. The number of rotatable bonds is 8. The standard InChI is InChI=1S/C22H25N3O4S/c1-25(2)19-8-4-7-17-16(19)6-5-9-21(17)30(28)24-15-10-11-20(29-3)14(12-15)13-18(23)22(26)27/h4-12,18,24H,13,23H2,1-3H3,(H,26,27). The summed E-state index contributed by atoms with van der Waals surface area (Å²) in [6.07, 6.45) is 0.0983. The summed E-state index contributed by atoms with van der Waals surface area (Å²) in [4.78, 5) is 13.8. The number of benzene rings is 3. The Morgan fingerprint density at radius 3 is 2.53 bits per heavy atom. The molecule has 0 bridgehead atoms. The zero-order valence-electron chi connectivity index (χ0n) is 17.1. The van der Waals surface area contributed by atoms with E-state index in [9.17, 15) is 9.00 Å². The van der Waals surface area contributed by atoms with Crippen molar-refractivity contribution < 1.29 is 18.8 Å². The largest absolute Gasteiger partial charge is 0.496 e. The molecule has 3 rings (SSSR count). The van der Waals surface area contributed by atoms with E-state index in [-0.39, 0.29) is 6.42 Å². The molecule has 7 nitrogen and oxygen atoms in total. The normalized spacial score (nSPS) is 12.9. The van der Waals surface area contributed by atoms with E-state index < -0.39 is 23.0 Å². The molecule has 0 aliphatic rings. The van der Waals surface area contributed by atoms with Gasteiger partial charge in [-0.2, -0.15) is 0 Å². The SMILES string of the molecule is COc1ccc(NS(=O)c2cccc3c(N(C)C)cccc23)cc1CC(N)C(=O)O. The van der Waals surface area contributed by atoms with E-state index in [4.69, 9.17) is 15.6 Å². The first kappa shape index (κ1) is 21.6. The van der Waals surface area contributed by atoms with Gasteiger partial charge in [-0.3, -0.25) is 4.79 Å². The van der Waals surface area contributed by atoms with Crippen molar-refractivity contribution in [1.82, 2.24) is 0 Å². The van der Waals surface area contributed by atoms with Crippen LogP contribution in [0.25, 0.3) is 10.8 Å². The Labute approximate surface area is 178 Å². The van der Waals surface area contributed by atoms with Crippen molar-refractivity contribution >= 4 is 39.1 Å². The highest BCUT2D eigenvalue weighted by Gasteiger charge is 2.17. The number of methoxy groups -OCH3 is 1. The van der Waals surface area contributed by atoms with Crippen molar-refractivity contribution in [2.75, 3.05) is 30.8 Å². The number of ether oxygens (including phenoxy) is 1. The Bertz CT molecular complexity index is 1100. The van der Waals surface area contributed by atoms with E-state index in [1.807, 2.05) is 55.4 Å². The maximum atomic E-state index is 13.1. The van der Waals surface area contributed by atoms with Crippen molar-refractivity contribution in [2.45, 2.75) is 17.4 Å². The number of carbonyl (C=O) groups is 1. The molecular weight excluding hydrogens is 402 g/mol. The molecule has 0 saturated carbocycles. The van der Waals surface area contributed by atoms with Crippen LogP contribution < -0.4 is 20.1 Å². The Hall–Kier alpha value is -3.10. The van der Waals surface area contributed by atoms with E-state index in [2.05, 4.69) is 4.72 Å². The Kier molecular flexibility index (Phi) is 6.59. The van der Waals surface area contributed by atoms with Crippen molar-refractivity contribution in [2.24, 2.45) is 5.73 Å². The molecule has 0 heterocycles. The lowest BCUT2D eigenvalue weighted by Gasteiger charge is -2.17. The summed E-state index contributed by atoms with van der Waals surface area (Å²) in [5.74, 6) is -0.560. The van der Waals surface area contributed by atoms with Gasteiger partial charge in [0.25, 0.3) is 0 Å². The average Bonchev–Trinajstić information content (AvgIpc) is 2.72. The van der Waals surface area contributed by atoms with Gasteiger partial charge in [-0.15, -0.1) is 0 Å². The maximum Gasteiger partial charge on any atom is 0.320 e. The van der Waals surface area contributed by atoms with Crippen LogP contribution in [0.2, 0.25) is 0 Å². The molecule has 8 heteroatoms. The predicted octanol–water partition coefficient (Wildman–Crippen LogP) is 3.00. The molecule has 0 aromatic heterocycles. The van der Waals surface area contributed by atoms with Crippen LogP contribution in [0.1, 0.15) is 5.56 Å². The second-order valence-corrected chi connectivity index (χ2v) is 8.25. The van der Waals surface area contributed by atoms with Crippen molar-refractivity contribution in [3.63, 3.8) is 0 Å². The van der Waals surface area contributed by atoms with Gasteiger partial charge in [0.1, 0.15) is 11.8 Å². The Morgan fingerprint density at radius 2 is 1.87 bits per heavy atom. The van der Waals surface area contributed by atoms with Gasteiger partial charge in [-0.1, -0.05) is 24.3 Å². The van der Waals surface area contributed by atoms with E-state index in [0.717, 1.165) is 16.5 Å². The number of aliphatic carboxylic acids is 1. The van der Waals surface area contributed by atoms with Crippen molar-refractivity contribution in [3.05, 3.63) is 60.2 Å². The molecule has 0 aliphatic heterocycles. The molecule has 0 fully saturated rings. The molecule has 2 atom stereocenters. The van der Waals surface area contributed by atoms with Crippen LogP contribution in [-0.4, -0.2) is 42.5 Å². The minimum atomic E-state index is -1.53. The summed E-state index contributed by atoms with van der Waals surface area (Å²) in [5, 5.41) is 11.0. The van der Waals surface area contributed by atoms with Crippen molar-refractivity contribution in [1.29, 1.82) is 0 Å². The first-order valence-corrected chi connectivity index (χ1v) is 10.5. The van der Waals surface area contributed by atoms with E-state index in [1.54, 1.807) is 18.2 Å². The van der Waals surface area contributed by atoms with E-state index >= 15 is 0 Å². The van der Waals surface area contributed by atoms with E-state index in [1.165, 1.54) is 7.11 Å². The van der Waals surface area contributed by atoms with Gasteiger partial charge < -0.3 is 25.2 Å². The molecule has 2 unspecified atom stereocenters. The van der Waals surface area contributed by atoms with Crippen LogP contribution in [0.3, 0.4) is 0 Å². The molecule has 0 radical (unpaired) electrons. The summed E-state index contributed by atoms with van der Waals surface area (Å²) >= 11 is 0. The fourth-order valence-corrected chi connectivity index (χ4v) is 4.33. The van der Waals surface area contributed by atoms with Crippen LogP contribution in [-0.2, 0) is 22.2 Å². The number of hydrogen-bond donors (Lipinski definition) is 3. The molecule has 0 amide bonds. The van der Waals surface area contributed by atoms with Crippen LogP contribution in [0.15, 0.2) is 59.5 Å². The highest BCUT2D eigenvalue weighted by atomic mass is 32.2. The molecule has 3 aromatic rings. The van der Waals surface area contributed by atoms with Crippen LogP contribution >= 0.6 is 0 Å². The lowest BCUT2D eigenvalue weighted by molar-refractivity contribution is -0.138. The number of hydrogen-bond acceptors (Lipinski definition) is 5. The second kappa shape index (κ2) is 9.15. The number of nitrogens with one attached hydrogen (secondary N) is 1. The molecule has 3 aromatic carbocycles. The highest BCUT2D eigenvalue weighted by Crippen LogP contribution is 2.30. The fraction of sp³-hybridized carbons (Fsp3) is 0.227. The second-order valence-electron chi connectivity index (χ2n) is 7.07. The number of anilines is 2. The molecular formula is C22H25N3O4S. The number of nitrogens with two attached hydrogens (primary N) is 1. The Morgan fingerprint density at radius 1 is 1.17 bits per heavy atom. The maximum absolute atomic E-state index is 13.1. The van der Waals surface area contributed by atoms with Gasteiger partial charge in [-0.25, -0.2) is 4.21 Å². The van der Waals surface area contributed by atoms with Gasteiger partial charge in [-0.05, 0) is 35.9 Å². The van der Waals surface area contributed by atoms with Gasteiger partial charge in [0.15, 0.2) is 11.0 Å². The Balaban J connectivity index is 1.93. The van der Waals surface area contributed by atoms with Crippen LogP contribution in [0.5, 0.6) is 5.75 Å². The topological polar surface area (TPSA) is 105 Å². The first-order valence-electron chi connectivity index (χ1n) is 9.34. The quantitative estimate of drug-likeness (QED) is 0.510. The van der Waals surface area contributed by atoms with Gasteiger partial charge in [0.2, 0.25) is 0 Å². The zero-order valence-corrected chi connectivity index (χ0v) is 17.9. The molecule has 158 valence electrons. The molecule has 0 saturated heterocycles. The zero-order chi connectivity index (χ0) is 21.8. The molecule has 30 heavy (non-hydrogen) atoms. The third kappa shape index (κ3) is 4.55. The number of fused-ring (bicyclic) bond motifs is 1. The smallest absolute Gasteiger partial charge is 0.320 e. The van der Waals surface area contributed by atoms with Gasteiger partial charge in [0, 0.05) is 42.7 Å².